The lowest BCUT2D eigenvalue weighted by Crippen LogP contribution is -2.37. The summed E-state index contributed by atoms with van der Waals surface area (Å²) in [5.74, 6) is 0. The van der Waals surface area contributed by atoms with E-state index in [0.717, 1.165) is 11.6 Å². The van der Waals surface area contributed by atoms with Crippen molar-refractivity contribution in [2.45, 2.75) is 25.8 Å². The molecule has 1 unspecified atom stereocenters. The molecule has 1 atom stereocenters. The number of hydrogen-bond donors (Lipinski definition) is 2. The van der Waals surface area contributed by atoms with E-state index in [9.17, 15) is 0 Å². The van der Waals surface area contributed by atoms with Gasteiger partial charge in [0, 0.05) is 11.6 Å². The molecule has 0 aliphatic rings. The van der Waals surface area contributed by atoms with Gasteiger partial charge in [-0.3, -0.25) is 0 Å². The third-order valence-electron chi connectivity index (χ3n) is 1.97. The quantitative estimate of drug-likeness (QED) is 0.752. The highest BCUT2D eigenvalue weighted by Gasteiger charge is 2.20. The van der Waals surface area contributed by atoms with Crippen molar-refractivity contribution in [3.63, 3.8) is 0 Å². The van der Waals surface area contributed by atoms with Crippen LogP contribution in [0.1, 0.15) is 20.3 Å². The molecule has 68 valence electrons. The summed E-state index contributed by atoms with van der Waals surface area (Å²) >= 11 is 1.55. The van der Waals surface area contributed by atoms with E-state index < -0.39 is 0 Å². The first-order valence-electron chi connectivity index (χ1n) is 3.99. The molecule has 0 fully saturated rings. The second-order valence-electron chi connectivity index (χ2n) is 3.03. The number of aliphatic hydroxyl groups excluding tert-OH is 1. The molecule has 0 spiro atoms. The normalized spacial score (nSPS) is 15.6. The number of hydrogen-bond acceptors (Lipinski definition) is 4. The Hall–Kier alpha value is -0.610. The Morgan fingerprint density at radius 3 is 2.92 bits per heavy atom. The van der Waals surface area contributed by atoms with Crippen molar-refractivity contribution in [3.8, 4) is 0 Å². The van der Waals surface area contributed by atoms with Gasteiger partial charge in [-0.25, -0.2) is 4.98 Å². The standard InChI is InChI=1S/C8H14N2OS/c1-3-8(2,6-11)10-7-9-4-5-12-7/h4-5,11H,3,6H2,1-2H3,(H,9,10). The van der Waals surface area contributed by atoms with Crippen LogP contribution in [-0.4, -0.2) is 22.2 Å². The van der Waals surface area contributed by atoms with Crippen molar-refractivity contribution in [1.29, 1.82) is 0 Å². The highest BCUT2D eigenvalue weighted by atomic mass is 32.1. The van der Waals surface area contributed by atoms with Crippen LogP contribution >= 0.6 is 11.3 Å². The Kier molecular flexibility index (Phi) is 3.05. The molecule has 1 aromatic heterocycles. The van der Waals surface area contributed by atoms with Crippen LogP contribution in [0, 0.1) is 0 Å². The van der Waals surface area contributed by atoms with Crippen LogP contribution in [0.4, 0.5) is 5.13 Å². The Bertz CT molecular complexity index is 219. The summed E-state index contributed by atoms with van der Waals surface area (Å²) in [6, 6.07) is 0. The van der Waals surface area contributed by atoms with Gasteiger partial charge in [0.05, 0.1) is 12.1 Å². The fraction of sp³-hybridized carbons (Fsp3) is 0.625. The number of aliphatic hydroxyl groups is 1. The smallest absolute Gasteiger partial charge is 0.183 e. The van der Waals surface area contributed by atoms with Crippen LogP contribution < -0.4 is 5.32 Å². The molecule has 12 heavy (non-hydrogen) atoms. The molecule has 0 radical (unpaired) electrons. The van der Waals surface area contributed by atoms with E-state index in [0.29, 0.717) is 0 Å². The van der Waals surface area contributed by atoms with Crippen LogP contribution in [0.5, 0.6) is 0 Å². The monoisotopic (exact) mass is 186 g/mol. The van der Waals surface area contributed by atoms with Gasteiger partial charge in [-0.05, 0) is 13.3 Å². The summed E-state index contributed by atoms with van der Waals surface area (Å²) in [6.45, 7) is 4.15. The van der Waals surface area contributed by atoms with Crippen LogP contribution in [0.3, 0.4) is 0 Å². The Morgan fingerprint density at radius 1 is 1.75 bits per heavy atom. The first-order chi connectivity index (χ1) is 5.70. The van der Waals surface area contributed by atoms with Crippen molar-refractivity contribution in [2.75, 3.05) is 11.9 Å². The lowest BCUT2D eigenvalue weighted by Gasteiger charge is -2.26. The molecule has 0 bridgehead atoms. The molecular formula is C8H14N2OS. The minimum atomic E-state index is -0.238. The minimum Gasteiger partial charge on any atom is -0.394 e. The fourth-order valence-electron chi connectivity index (χ4n) is 0.783. The van der Waals surface area contributed by atoms with Gasteiger partial charge in [-0.2, -0.15) is 0 Å². The van der Waals surface area contributed by atoms with Crippen molar-refractivity contribution in [3.05, 3.63) is 11.6 Å². The maximum absolute atomic E-state index is 9.10. The maximum Gasteiger partial charge on any atom is 0.183 e. The number of thiazole rings is 1. The molecule has 1 rings (SSSR count). The molecule has 2 N–H and O–H groups in total. The number of nitrogens with one attached hydrogen (secondary N) is 1. The first-order valence-corrected chi connectivity index (χ1v) is 4.87. The van der Waals surface area contributed by atoms with Crippen LogP contribution in [0.2, 0.25) is 0 Å². The minimum absolute atomic E-state index is 0.128. The van der Waals surface area contributed by atoms with Gasteiger partial charge in [-0.1, -0.05) is 6.92 Å². The van der Waals surface area contributed by atoms with E-state index in [1.807, 2.05) is 19.2 Å². The molecule has 0 aliphatic carbocycles. The summed E-state index contributed by atoms with van der Waals surface area (Å²) in [5.41, 5.74) is -0.238. The van der Waals surface area contributed by atoms with E-state index in [1.165, 1.54) is 0 Å². The molecule has 3 nitrogen and oxygen atoms in total. The van der Waals surface area contributed by atoms with Gasteiger partial charge in [-0.15, -0.1) is 11.3 Å². The van der Waals surface area contributed by atoms with E-state index in [2.05, 4.69) is 10.3 Å². The average molecular weight is 186 g/mol. The second-order valence-corrected chi connectivity index (χ2v) is 3.93. The summed E-state index contributed by atoms with van der Waals surface area (Å²) < 4.78 is 0. The molecule has 0 aliphatic heterocycles. The summed E-state index contributed by atoms with van der Waals surface area (Å²) in [5, 5.41) is 15.1. The van der Waals surface area contributed by atoms with Crippen LogP contribution in [0.25, 0.3) is 0 Å². The molecule has 0 saturated heterocycles. The molecule has 0 amide bonds. The van der Waals surface area contributed by atoms with Gasteiger partial charge in [0.2, 0.25) is 0 Å². The SMILES string of the molecule is CCC(C)(CO)Nc1nccs1. The number of rotatable bonds is 4. The van der Waals surface area contributed by atoms with Crippen LogP contribution in [-0.2, 0) is 0 Å². The Labute approximate surface area is 76.5 Å². The summed E-state index contributed by atoms with van der Waals surface area (Å²) in [4.78, 5) is 4.09. The number of anilines is 1. The summed E-state index contributed by atoms with van der Waals surface area (Å²) in [6.07, 6.45) is 2.63. The zero-order valence-corrected chi connectivity index (χ0v) is 8.19. The van der Waals surface area contributed by atoms with Crippen molar-refractivity contribution in [2.24, 2.45) is 0 Å². The highest BCUT2D eigenvalue weighted by Crippen LogP contribution is 2.19. The lowest BCUT2D eigenvalue weighted by atomic mass is 10.0. The van der Waals surface area contributed by atoms with Crippen molar-refractivity contribution >= 4 is 16.5 Å². The lowest BCUT2D eigenvalue weighted by molar-refractivity contribution is 0.219. The molecule has 4 heteroatoms. The Morgan fingerprint density at radius 2 is 2.50 bits per heavy atom. The van der Waals surface area contributed by atoms with Gasteiger partial charge in [0.25, 0.3) is 0 Å². The maximum atomic E-state index is 9.10. The Balaban J connectivity index is 2.60. The molecular weight excluding hydrogens is 172 g/mol. The van der Waals surface area contributed by atoms with E-state index in [4.69, 9.17) is 5.11 Å². The van der Waals surface area contributed by atoms with Gasteiger partial charge in [0.15, 0.2) is 5.13 Å². The zero-order chi connectivity index (χ0) is 9.03. The van der Waals surface area contributed by atoms with Gasteiger partial charge in [0.1, 0.15) is 0 Å². The van der Waals surface area contributed by atoms with E-state index >= 15 is 0 Å². The molecule has 1 aromatic rings. The fourth-order valence-corrected chi connectivity index (χ4v) is 1.46. The van der Waals surface area contributed by atoms with Crippen molar-refractivity contribution < 1.29 is 5.11 Å². The van der Waals surface area contributed by atoms with Gasteiger partial charge < -0.3 is 10.4 Å². The third kappa shape index (κ3) is 2.19. The molecule has 0 aromatic carbocycles. The van der Waals surface area contributed by atoms with Crippen molar-refractivity contribution in [1.82, 2.24) is 4.98 Å². The largest absolute Gasteiger partial charge is 0.394 e. The van der Waals surface area contributed by atoms with E-state index in [-0.39, 0.29) is 12.1 Å². The average Bonchev–Trinajstić information content (AvgIpc) is 2.57. The second kappa shape index (κ2) is 3.87. The number of aromatic nitrogens is 1. The third-order valence-corrected chi connectivity index (χ3v) is 2.66. The first kappa shape index (κ1) is 9.48. The van der Waals surface area contributed by atoms with E-state index in [1.54, 1.807) is 17.5 Å². The van der Waals surface area contributed by atoms with Gasteiger partial charge >= 0.3 is 0 Å². The molecule has 1 heterocycles. The highest BCUT2D eigenvalue weighted by molar-refractivity contribution is 7.13. The predicted molar refractivity (Wildman–Crippen MR) is 51.5 cm³/mol. The predicted octanol–water partition coefficient (Wildman–Crippen LogP) is 1.72. The zero-order valence-electron chi connectivity index (χ0n) is 7.37. The molecule has 0 saturated carbocycles. The summed E-state index contributed by atoms with van der Waals surface area (Å²) in [7, 11) is 0. The van der Waals surface area contributed by atoms with Crippen LogP contribution in [0.15, 0.2) is 11.6 Å². The topological polar surface area (TPSA) is 45.1 Å². The number of nitrogens with zero attached hydrogens (tertiary/aromatic N) is 1.